The maximum atomic E-state index is 4.18. The first kappa shape index (κ1) is 9.96. The van der Waals surface area contributed by atoms with E-state index in [9.17, 15) is 0 Å². The summed E-state index contributed by atoms with van der Waals surface area (Å²) in [6, 6.07) is 0.405. The van der Waals surface area contributed by atoms with E-state index in [1.54, 1.807) is 0 Å². The molecule has 0 aromatic carbocycles. The van der Waals surface area contributed by atoms with E-state index in [1.807, 2.05) is 19.3 Å². The van der Waals surface area contributed by atoms with Crippen LogP contribution in [0.3, 0.4) is 0 Å². The van der Waals surface area contributed by atoms with E-state index >= 15 is 0 Å². The highest BCUT2D eigenvalue weighted by Gasteiger charge is 2.07. The average molecular weight is 179 g/mol. The topological polar surface area (TPSA) is 37.8 Å². The molecular weight excluding hydrogens is 162 g/mol. The molecule has 3 nitrogen and oxygen atoms in total. The van der Waals surface area contributed by atoms with Gasteiger partial charge in [0, 0.05) is 18.4 Å². The van der Waals surface area contributed by atoms with Crippen LogP contribution in [0.25, 0.3) is 0 Å². The van der Waals surface area contributed by atoms with Crippen LogP contribution in [-0.2, 0) is 0 Å². The minimum absolute atomic E-state index is 0.405. The van der Waals surface area contributed by atoms with Crippen molar-refractivity contribution in [3.8, 4) is 0 Å². The summed E-state index contributed by atoms with van der Waals surface area (Å²) in [6.07, 6.45) is 3.64. The van der Waals surface area contributed by atoms with Gasteiger partial charge in [0.15, 0.2) is 0 Å². The minimum atomic E-state index is 0.405. The van der Waals surface area contributed by atoms with Crippen molar-refractivity contribution in [3.63, 3.8) is 0 Å². The molecule has 0 unspecified atom stereocenters. The molecule has 0 aliphatic heterocycles. The van der Waals surface area contributed by atoms with Crippen molar-refractivity contribution < 1.29 is 0 Å². The minimum Gasteiger partial charge on any atom is -0.352 e. The van der Waals surface area contributed by atoms with Gasteiger partial charge in [-0.15, -0.1) is 0 Å². The van der Waals surface area contributed by atoms with Crippen molar-refractivity contribution in [2.75, 3.05) is 5.32 Å². The van der Waals surface area contributed by atoms with Crippen LogP contribution in [0.4, 0.5) is 5.95 Å². The number of aryl methyl sites for hydroxylation is 1. The van der Waals surface area contributed by atoms with E-state index in [0.29, 0.717) is 17.9 Å². The summed E-state index contributed by atoms with van der Waals surface area (Å²) in [6.45, 7) is 8.46. The van der Waals surface area contributed by atoms with Gasteiger partial charge in [0.2, 0.25) is 5.95 Å². The van der Waals surface area contributed by atoms with E-state index in [-0.39, 0.29) is 0 Å². The zero-order chi connectivity index (χ0) is 9.84. The van der Waals surface area contributed by atoms with Crippen LogP contribution in [0.5, 0.6) is 0 Å². The smallest absolute Gasteiger partial charge is 0.222 e. The van der Waals surface area contributed by atoms with Crippen molar-refractivity contribution in [1.29, 1.82) is 0 Å². The Hall–Kier alpha value is -1.12. The second-order valence-corrected chi connectivity index (χ2v) is 3.76. The molecule has 0 saturated heterocycles. The first-order valence-electron chi connectivity index (χ1n) is 4.65. The van der Waals surface area contributed by atoms with Gasteiger partial charge in [-0.3, -0.25) is 0 Å². The Labute approximate surface area is 79.6 Å². The van der Waals surface area contributed by atoms with Gasteiger partial charge in [-0.05, 0) is 25.3 Å². The number of aromatic nitrogens is 2. The largest absolute Gasteiger partial charge is 0.352 e. The summed E-state index contributed by atoms with van der Waals surface area (Å²) in [7, 11) is 0. The molecule has 0 radical (unpaired) electrons. The van der Waals surface area contributed by atoms with Crippen molar-refractivity contribution in [1.82, 2.24) is 9.97 Å². The molecule has 0 amide bonds. The van der Waals surface area contributed by atoms with E-state index in [0.717, 1.165) is 5.56 Å². The van der Waals surface area contributed by atoms with Gasteiger partial charge in [-0.2, -0.15) is 0 Å². The molecule has 0 saturated carbocycles. The third kappa shape index (κ3) is 3.01. The Kier molecular flexibility index (Phi) is 3.23. The number of hydrogen-bond acceptors (Lipinski definition) is 3. The molecule has 0 bridgehead atoms. The monoisotopic (exact) mass is 179 g/mol. The van der Waals surface area contributed by atoms with E-state index in [2.05, 4.69) is 36.1 Å². The van der Waals surface area contributed by atoms with Crippen LogP contribution in [-0.4, -0.2) is 16.0 Å². The van der Waals surface area contributed by atoms with Crippen LogP contribution in [0.1, 0.15) is 26.3 Å². The number of anilines is 1. The van der Waals surface area contributed by atoms with Crippen LogP contribution in [0.15, 0.2) is 12.4 Å². The first-order chi connectivity index (χ1) is 6.09. The van der Waals surface area contributed by atoms with E-state index < -0.39 is 0 Å². The molecule has 0 aliphatic carbocycles. The predicted octanol–water partition coefficient (Wildman–Crippen LogP) is 2.24. The SMILES string of the molecule is Cc1cnc(N[C@H](C)C(C)C)nc1. The van der Waals surface area contributed by atoms with Gasteiger partial charge in [0.25, 0.3) is 0 Å². The van der Waals surface area contributed by atoms with Gasteiger partial charge in [-0.1, -0.05) is 13.8 Å². The zero-order valence-corrected chi connectivity index (χ0v) is 8.70. The number of nitrogens with zero attached hydrogens (tertiary/aromatic N) is 2. The fraction of sp³-hybridized carbons (Fsp3) is 0.600. The van der Waals surface area contributed by atoms with Gasteiger partial charge in [-0.25, -0.2) is 9.97 Å². The third-order valence-corrected chi connectivity index (χ3v) is 2.14. The maximum Gasteiger partial charge on any atom is 0.222 e. The van der Waals surface area contributed by atoms with Crippen molar-refractivity contribution in [2.24, 2.45) is 5.92 Å². The summed E-state index contributed by atoms with van der Waals surface area (Å²) in [5, 5.41) is 3.25. The van der Waals surface area contributed by atoms with Crippen LogP contribution >= 0.6 is 0 Å². The van der Waals surface area contributed by atoms with Crippen molar-refractivity contribution in [3.05, 3.63) is 18.0 Å². The maximum absolute atomic E-state index is 4.18. The number of nitrogens with one attached hydrogen (secondary N) is 1. The van der Waals surface area contributed by atoms with Gasteiger partial charge in [0.1, 0.15) is 0 Å². The number of hydrogen-bond donors (Lipinski definition) is 1. The Morgan fingerprint density at radius 2 is 1.69 bits per heavy atom. The lowest BCUT2D eigenvalue weighted by atomic mass is 10.1. The van der Waals surface area contributed by atoms with Crippen LogP contribution in [0.2, 0.25) is 0 Å². The Balaban J connectivity index is 2.59. The lowest BCUT2D eigenvalue weighted by Crippen LogP contribution is -2.22. The van der Waals surface area contributed by atoms with Gasteiger partial charge < -0.3 is 5.32 Å². The molecule has 0 spiro atoms. The highest BCUT2D eigenvalue weighted by Crippen LogP contribution is 2.07. The molecule has 0 aliphatic rings. The second kappa shape index (κ2) is 4.21. The van der Waals surface area contributed by atoms with Crippen molar-refractivity contribution >= 4 is 5.95 Å². The summed E-state index contributed by atoms with van der Waals surface area (Å²) in [5.74, 6) is 1.30. The average Bonchev–Trinajstić information content (AvgIpc) is 2.08. The molecule has 72 valence electrons. The molecule has 1 aromatic rings. The molecule has 0 fully saturated rings. The van der Waals surface area contributed by atoms with E-state index in [4.69, 9.17) is 0 Å². The molecule has 1 N–H and O–H groups in total. The van der Waals surface area contributed by atoms with E-state index in [1.165, 1.54) is 0 Å². The van der Waals surface area contributed by atoms with Gasteiger partial charge in [0.05, 0.1) is 0 Å². The zero-order valence-electron chi connectivity index (χ0n) is 8.70. The lowest BCUT2D eigenvalue weighted by Gasteiger charge is -2.16. The number of rotatable bonds is 3. The summed E-state index contributed by atoms with van der Waals surface area (Å²) < 4.78 is 0. The highest BCUT2D eigenvalue weighted by atomic mass is 15.1. The summed E-state index contributed by atoms with van der Waals surface area (Å²) in [4.78, 5) is 8.36. The summed E-state index contributed by atoms with van der Waals surface area (Å²) in [5.41, 5.74) is 1.09. The molecule has 1 heterocycles. The molecule has 1 aromatic heterocycles. The lowest BCUT2D eigenvalue weighted by molar-refractivity contribution is 0.556. The third-order valence-electron chi connectivity index (χ3n) is 2.14. The molecule has 13 heavy (non-hydrogen) atoms. The fourth-order valence-electron chi connectivity index (χ4n) is 0.837. The first-order valence-corrected chi connectivity index (χ1v) is 4.65. The quantitative estimate of drug-likeness (QED) is 0.773. The summed E-state index contributed by atoms with van der Waals surface area (Å²) >= 11 is 0. The molecule has 3 heteroatoms. The standard InChI is InChI=1S/C10H17N3/c1-7(2)9(4)13-10-11-5-8(3)6-12-10/h5-7,9H,1-4H3,(H,11,12,13)/t9-/m1/s1. The Bertz CT molecular complexity index is 253. The van der Waals surface area contributed by atoms with Crippen LogP contribution < -0.4 is 5.32 Å². The Morgan fingerprint density at radius 3 is 2.15 bits per heavy atom. The van der Waals surface area contributed by atoms with Gasteiger partial charge >= 0.3 is 0 Å². The van der Waals surface area contributed by atoms with Crippen molar-refractivity contribution in [2.45, 2.75) is 33.7 Å². The molecule has 1 rings (SSSR count). The molecule has 1 atom stereocenters. The van der Waals surface area contributed by atoms with Crippen LogP contribution in [0, 0.1) is 12.8 Å². The normalized spacial score (nSPS) is 13.0. The Morgan fingerprint density at radius 1 is 1.15 bits per heavy atom. The second-order valence-electron chi connectivity index (χ2n) is 3.76. The molecular formula is C10H17N3. The fourth-order valence-corrected chi connectivity index (χ4v) is 0.837. The highest BCUT2D eigenvalue weighted by molar-refractivity contribution is 5.25. The predicted molar refractivity (Wildman–Crippen MR) is 54.7 cm³/mol.